The molecule has 0 spiro atoms. The number of ether oxygens (including phenoxy) is 1. The van der Waals surface area contributed by atoms with Crippen LogP contribution in [0, 0.1) is 3.57 Å². The van der Waals surface area contributed by atoms with Gasteiger partial charge in [-0.05, 0) is 34.7 Å². The Bertz CT molecular complexity index is 667. The van der Waals surface area contributed by atoms with E-state index in [9.17, 15) is 0 Å². The number of para-hydroxylation sites is 1. The molecule has 5 nitrogen and oxygen atoms in total. The number of rotatable bonds is 2. The molecule has 2 aromatic heterocycles. The first-order valence-electron chi connectivity index (χ1n) is 4.91. The van der Waals surface area contributed by atoms with Gasteiger partial charge in [-0.2, -0.15) is 0 Å². The van der Waals surface area contributed by atoms with Gasteiger partial charge in [-0.25, -0.2) is 4.98 Å². The third-order valence-electron chi connectivity index (χ3n) is 2.23. The van der Waals surface area contributed by atoms with Crippen molar-refractivity contribution in [3.05, 3.63) is 46.6 Å². The lowest BCUT2D eigenvalue weighted by atomic mass is 10.3. The summed E-state index contributed by atoms with van der Waals surface area (Å²) in [7, 11) is 0. The monoisotopic (exact) mass is 338 g/mol. The summed E-state index contributed by atoms with van der Waals surface area (Å²) in [4.78, 5) is 4.17. The zero-order chi connectivity index (χ0) is 11.7. The van der Waals surface area contributed by atoms with E-state index in [1.165, 1.54) is 0 Å². The molecule has 0 fully saturated rings. The molecule has 2 heterocycles. The molecule has 6 heteroatoms. The van der Waals surface area contributed by atoms with E-state index in [1.54, 1.807) is 23.1 Å². The number of nitrogens with zero attached hydrogens (tertiary/aromatic N) is 4. The van der Waals surface area contributed by atoms with Crippen LogP contribution in [-0.2, 0) is 0 Å². The molecule has 0 atom stereocenters. The third-order valence-corrected chi connectivity index (χ3v) is 3.12. The molecule has 1 aromatic carbocycles. The average Bonchev–Trinajstić information content (AvgIpc) is 2.81. The standard InChI is InChI=1S/C11H7IN4O/c12-8-3-1-2-4-9(8)17-11-10-15-14-7-16(10)6-5-13-11/h1-7H. The van der Waals surface area contributed by atoms with Crippen molar-refractivity contribution in [2.24, 2.45) is 0 Å². The fourth-order valence-corrected chi connectivity index (χ4v) is 1.94. The topological polar surface area (TPSA) is 52.3 Å². The highest BCUT2D eigenvalue weighted by atomic mass is 127. The fraction of sp³-hybridized carbons (Fsp3) is 0. The van der Waals surface area contributed by atoms with Gasteiger partial charge in [-0.1, -0.05) is 12.1 Å². The van der Waals surface area contributed by atoms with Crippen molar-refractivity contribution < 1.29 is 4.74 Å². The minimum atomic E-state index is 0.453. The summed E-state index contributed by atoms with van der Waals surface area (Å²) in [6.07, 6.45) is 5.04. The Morgan fingerprint density at radius 2 is 2.12 bits per heavy atom. The SMILES string of the molecule is Ic1ccccc1Oc1nccn2cnnc12. The fourth-order valence-electron chi connectivity index (χ4n) is 1.44. The molecule has 0 aliphatic rings. The number of benzene rings is 1. The van der Waals surface area contributed by atoms with Crippen LogP contribution in [0.5, 0.6) is 11.6 Å². The van der Waals surface area contributed by atoms with Crippen LogP contribution < -0.4 is 4.74 Å². The van der Waals surface area contributed by atoms with Gasteiger partial charge in [0.05, 0.1) is 3.57 Å². The Balaban J connectivity index is 2.06. The molecular formula is C11H7IN4O. The van der Waals surface area contributed by atoms with Crippen LogP contribution in [0.2, 0.25) is 0 Å². The van der Waals surface area contributed by atoms with Crippen molar-refractivity contribution in [1.29, 1.82) is 0 Å². The Morgan fingerprint density at radius 1 is 1.24 bits per heavy atom. The minimum Gasteiger partial charge on any atom is -0.435 e. The lowest BCUT2D eigenvalue weighted by Crippen LogP contribution is -1.94. The van der Waals surface area contributed by atoms with Crippen molar-refractivity contribution in [3.63, 3.8) is 0 Å². The second-order valence-corrected chi connectivity index (χ2v) is 4.49. The molecule has 0 aliphatic carbocycles. The lowest BCUT2D eigenvalue weighted by molar-refractivity contribution is 0.461. The van der Waals surface area contributed by atoms with Crippen LogP contribution in [0.25, 0.3) is 5.65 Å². The number of hydrogen-bond acceptors (Lipinski definition) is 4. The zero-order valence-corrected chi connectivity index (χ0v) is 10.8. The summed E-state index contributed by atoms with van der Waals surface area (Å²) in [5, 5.41) is 7.78. The molecule has 0 unspecified atom stereocenters. The van der Waals surface area contributed by atoms with Crippen LogP contribution in [0.15, 0.2) is 43.0 Å². The molecule has 0 bridgehead atoms. The summed E-state index contributed by atoms with van der Waals surface area (Å²) in [5.74, 6) is 1.21. The molecule has 17 heavy (non-hydrogen) atoms. The Kier molecular flexibility index (Phi) is 2.63. The van der Waals surface area contributed by atoms with Crippen LogP contribution >= 0.6 is 22.6 Å². The molecule has 3 aromatic rings. The van der Waals surface area contributed by atoms with Crippen molar-refractivity contribution >= 4 is 28.2 Å². The number of halogens is 1. The van der Waals surface area contributed by atoms with Gasteiger partial charge >= 0.3 is 0 Å². The highest BCUT2D eigenvalue weighted by Gasteiger charge is 2.08. The zero-order valence-electron chi connectivity index (χ0n) is 8.62. The van der Waals surface area contributed by atoms with Gasteiger partial charge in [0.2, 0.25) is 5.65 Å². The van der Waals surface area contributed by atoms with Crippen LogP contribution in [0.1, 0.15) is 0 Å². The number of hydrogen-bond donors (Lipinski definition) is 0. The molecular weight excluding hydrogens is 331 g/mol. The van der Waals surface area contributed by atoms with Crippen molar-refractivity contribution in [2.45, 2.75) is 0 Å². The van der Waals surface area contributed by atoms with E-state index in [2.05, 4.69) is 37.8 Å². The largest absolute Gasteiger partial charge is 0.435 e. The predicted octanol–water partition coefficient (Wildman–Crippen LogP) is 2.52. The van der Waals surface area contributed by atoms with E-state index in [1.807, 2.05) is 24.3 Å². The maximum absolute atomic E-state index is 5.74. The van der Waals surface area contributed by atoms with Gasteiger partial charge in [-0.15, -0.1) is 10.2 Å². The Hall–Kier alpha value is -1.70. The maximum Gasteiger partial charge on any atom is 0.265 e. The quantitative estimate of drug-likeness (QED) is 0.674. The molecule has 0 saturated heterocycles. The van der Waals surface area contributed by atoms with Gasteiger partial charge in [0, 0.05) is 12.4 Å². The molecule has 0 aliphatic heterocycles. The highest BCUT2D eigenvalue weighted by Crippen LogP contribution is 2.26. The van der Waals surface area contributed by atoms with E-state index in [0.717, 1.165) is 9.32 Å². The number of fused-ring (bicyclic) bond motifs is 1. The summed E-state index contributed by atoms with van der Waals surface area (Å²) in [6.45, 7) is 0. The molecule has 0 amide bonds. The lowest BCUT2D eigenvalue weighted by Gasteiger charge is -2.06. The number of aromatic nitrogens is 4. The first-order valence-corrected chi connectivity index (χ1v) is 5.99. The van der Waals surface area contributed by atoms with Gasteiger partial charge in [0.15, 0.2) is 0 Å². The first kappa shape index (κ1) is 10.5. The van der Waals surface area contributed by atoms with E-state index >= 15 is 0 Å². The molecule has 0 saturated carbocycles. The van der Waals surface area contributed by atoms with Crippen LogP contribution in [0.3, 0.4) is 0 Å². The van der Waals surface area contributed by atoms with E-state index in [0.29, 0.717) is 11.5 Å². The maximum atomic E-state index is 5.74. The summed E-state index contributed by atoms with van der Waals surface area (Å²) in [5.41, 5.74) is 0.604. The van der Waals surface area contributed by atoms with Crippen molar-refractivity contribution in [1.82, 2.24) is 19.6 Å². The van der Waals surface area contributed by atoms with Crippen LogP contribution in [0.4, 0.5) is 0 Å². The van der Waals surface area contributed by atoms with E-state index in [4.69, 9.17) is 4.74 Å². The smallest absolute Gasteiger partial charge is 0.265 e. The molecule has 84 valence electrons. The summed E-state index contributed by atoms with van der Waals surface area (Å²) < 4.78 is 8.52. The van der Waals surface area contributed by atoms with Crippen molar-refractivity contribution in [2.75, 3.05) is 0 Å². The van der Waals surface area contributed by atoms with Gasteiger partial charge < -0.3 is 4.74 Å². The van der Waals surface area contributed by atoms with Gasteiger partial charge in [0.25, 0.3) is 5.88 Å². The minimum absolute atomic E-state index is 0.453. The van der Waals surface area contributed by atoms with Crippen LogP contribution in [-0.4, -0.2) is 19.6 Å². The normalized spacial score (nSPS) is 10.6. The summed E-state index contributed by atoms with van der Waals surface area (Å²) >= 11 is 2.21. The van der Waals surface area contributed by atoms with E-state index < -0.39 is 0 Å². The van der Waals surface area contributed by atoms with Gasteiger partial charge in [0.1, 0.15) is 12.1 Å². The first-order chi connectivity index (χ1) is 8.34. The van der Waals surface area contributed by atoms with E-state index in [-0.39, 0.29) is 0 Å². The Morgan fingerprint density at radius 3 is 3.00 bits per heavy atom. The average molecular weight is 338 g/mol. The Labute approximate surface area is 111 Å². The van der Waals surface area contributed by atoms with Gasteiger partial charge in [-0.3, -0.25) is 4.40 Å². The molecule has 0 N–H and O–H groups in total. The molecule has 3 rings (SSSR count). The second kappa shape index (κ2) is 4.28. The highest BCUT2D eigenvalue weighted by molar-refractivity contribution is 14.1. The molecule has 0 radical (unpaired) electrons. The second-order valence-electron chi connectivity index (χ2n) is 3.33. The predicted molar refractivity (Wildman–Crippen MR) is 70.0 cm³/mol. The summed E-state index contributed by atoms with van der Waals surface area (Å²) in [6, 6.07) is 7.74. The third kappa shape index (κ3) is 1.95. The van der Waals surface area contributed by atoms with Crippen molar-refractivity contribution in [3.8, 4) is 11.6 Å².